The fraction of sp³-hybridized carbons (Fsp3) is 0.560. The van der Waals surface area contributed by atoms with Crippen molar-refractivity contribution in [1.82, 2.24) is 20.7 Å². The molecule has 4 amide bonds. The number of nitrogens with zero attached hydrogens (tertiary/aromatic N) is 2. The Morgan fingerprint density at radius 1 is 0.914 bits per heavy atom. The summed E-state index contributed by atoms with van der Waals surface area (Å²) in [6, 6.07) is 7.62. The Bertz CT molecular complexity index is 964. The molecule has 3 rings (SSSR count). The van der Waals surface area contributed by atoms with E-state index in [1.807, 2.05) is 37.3 Å². The third-order valence-corrected chi connectivity index (χ3v) is 6.81. The third kappa shape index (κ3) is 6.17. The molecule has 35 heavy (non-hydrogen) atoms. The topological polar surface area (TPSA) is 125 Å². The van der Waals surface area contributed by atoms with Crippen molar-refractivity contribution in [2.45, 2.75) is 71.6 Å². The van der Waals surface area contributed by atoms with Crippen LogP contribution in [0.15, 0.2) is 30.3 Å². The second-order valence-corrected chi connectivity index (χ2v) is 9.59. The molecular weight excluding hydrogens is 452 g/mol. The van der Waals surface area contributed by atoms with E-state index in [1.165, 1.54) is 9.80 Å². The van der Waals surface area contributed by atoms with E-state index in [0.717, 1.165) is 5.56 Å². The molecule has 2 heterocycles. The molecule has 10 heteroatoms. The fourth-order valence-corrected chi connectivity index (χ4v) is 4.21. The lowest BCUT2D eigenvalue weighted by Gasteiger charge is -2.28. The summed E-state index contributed by atoms with van der Waals surface area (Å²) in [6.45, 7) is 6.02. The number of hydrogen-bond acceptors (Lipinski definition) is 6. The summed E-state index contributed by atoms with van der Waals surface area (Å²) in [5.74, 6) is -2.31. The lowest BCUT2D eigenvalue weighted by atomic mass is 9.84. The minimum Gasteiger partial charge on any atom is -0.445 e. The molecule has 0 aliphatic carbocycles. The molecule has 1 unspecified atom stereocenters. The first-order chi connectivity index (χ1) is 16.7. The normalized spacial score (nSPS) is 19.9. The number of ether oxygens (including phenoxy) is 1. The Labute approximate surface area is 205 Å². The van der Waals surface area contributed by atoms with Gasteiger partial charge in [-0.05, 0) is 37.7 Å². The van der Waals surface area contributed by atoms with Crippen LogP contribution in [0, 0.1) is 5.41 Å². The zero-order chi connectivity index (χ0) is 25.6. The van der Waals surface area contributed by atoms with Crippen LogP contribution in [0.5, 0.6) is 0 Å². The number of carbonyl (C=O) groups excluding carboxylic acids is 5. The molecule has 2 atom stereocenters. The molecule has 0 bridgehead atoms. The predicted octanol–water partition coefficient (Wildman–Crippen LogP) is 1.93. The number of hydrogen-bond donors (Lipinski definition) is 2. The highest BCUT2D eigenvalue weighted by atomic mass is 16.6. The van der Waals surface area contributed by atoms with Crippen molar-refractivity contribution in [3.63, 3.8) is 0 Å². The molecule has 0 saturated carbocycles. The summed E-state index contributed by atoms with van der Waals surface area (Å²) in [6.07, 6.45) is 1.96. The Balaban J connectivity index is 1.53. The number of ketones is 1. The predicted molar refractivity (Wildman–Crippen MR) is 126 cm³/mol. The third-order valence-electron chi connectivity index (χ3n) is 6.81. The Morgan fingerprint density at radius 3 is 2.03 bits per heavy atom. The van der Waals surface area contributed by atoms with Gasteiger partial charge in [-0.1, -0.05) is 51.1 Å². The maximum atomic E-state index is 12.8. The zero-order valence-electron chi connectivity index (χ0n) is 20.5. The average Bonchev–Trinajstić information content (AvgIpc) is 3.55. The van der Waals surface area contributed by atoms with Gasteiger partial charge in [0.15, 0.2) is 0 Å². The van der Waals surface area contributed by atoms with Gasteiger partial charge in [0.2, 0.25) is 5.78 Å². The minimum absolute atomic E-state index is 0.0976. The largest absolute Gasteiger partial charge is 0.445 e. The van der Waals surface area contributed by atoms with Gasteiger partial charge in [0.1, 0.15) is 18.7 Å². The molecule has 0 spiro atoms. The van der Waals surface area contributed by atoms with E-state index in [-0.39, 0.29) is 6.61 Å². The van der Waals surface area contributed by atoms with Gasteiger partial charge in [0.25, 0.3) is 17.7 Å². The molecular formula is C25H34N4O6. The zero-order valence-corrected chi connectivity index (χ0v) is 20.5. The van der Waals surface area contributed by atoms with E-state index in [1.54, 1.807) is 13.8 Å². The van der Waals surface area contributed by atoms with E-state index in [0.29, 0.717) is 45.2 Å². The highest BCUT2D eigenvalue weighted by Gasteiger charge is 2.41. The van der Waals surface area contributed by atoms with E-state index in [4.69, 9.17) is 4.74 Å². The molecule has 1 aromatic carbocycles. The average molecular weight is 487 g/mol. The van der Waals surface area contributed by atoms with Gasteiger partial charge in [0, 0.05) is 18.5 Å². The van der Waals surface area contributed by atoms with Crippen molar-refractivity contribution in [1.29, 1.82) is 0 Å². The molecule has 1 aromatic rings. The van der Waals surface area contributed by atoms with Crippen LogP contribution in [-0.2, 0) is 30.5 Å². The number of likely N-dealkylation sites (tertiary alicyclic amines) is 2. The van der Waals surface area contributed by atoms with Gasteiger partial charge < -0.3 is 9.64 Å². The summed E-state index contributed by atoms with van der Waals surface area (Å²) < 4.78 is 5.34. The standard InChI is InChI=1S/C25H34N4O6/c1-4-25(2,3)20(30)23(33)28-14-8-12-18(28)21(31)26-27-22(32)19-13-9-15-29(19)24(34)35-16-17-10-6-5-7-11-17/h5-7,10-11,18-19H,4,8-9,12-16H2,1-3H3,(H,26,31)(H,27,32)/t18-,19?/m0/s1. The van der Waals surface area contributed by atoms with Crippen LogP contribution >= 0.6 is 0 Å². The Hall–Kier alpha value is -3.43. The first kappa shape index (κ1) is 26.2. The van der Waals surface area contributed by atoms with E-state index in [9.17, 15) is 24.0 Å². The van der Waals surface area contributed by atoms with E-state index < -0.39 is 47.1 Å². The van der Waals surface area contributed by atoms with Crippen LogP contribution in [0.25, 0.3) is 0 Å². The smallest absolute Gasteiger partial charge is 0.410 e. The quantitative estimate of drug-likeness (QED) is 0.448. The summed E-state index contributed by atoms with van der Waals surface area (Å²) in [7, 11) is 0. The van der Waals surface area contributed by atoms with Crippen LogP contribution < -0.4 is 10.9 Å². The molecule has 190 valence electrons. The van der Waals surface area contributed by atoms with Crippen molar-refractivity contribution >= 4 is 29.6 Å². The van der Waals surface area contributed by atoms with Gasteiger partial charge >= 0.3 is 6.09 Å². The van der Waals surface area contributed by atoms with Crippen molar-refractivity contribution in [3.05, 3.63) is 35.9 Å². The van der Waals surface area contributed by atoms with Crippen LogP contribution in [0.3, 0.4) is 0 Å². The lowest BCUT2D eigenvalue weighted by molar-refractivity contribution is -0.151. The monoisotopic (exact) mass is 486 g/mol. The van der Waals surface area contributed by atoms with Crippen LogP contribution in [-0.4, -0.2) is 64.6 Å². The molecule has 10 nitrogen and oxygen atoms in total. The first-order valence-electron chi connectivity index (χ1n) is 12.1. The maximum Gasteiger partial charge on any atom is 0.410 e. The van der Waals surface area contributed by atoms with Crippen molar-refractivity contribution in [2.24, 2.45) is 5.41 Å². The molecule has 0 aromatic heterocycles. The lowest BCUT2D eigenvalue weighted by Crippen LogP contribution is -2.56. The van der Waals surface area contributed by atoms with Crippen molar-refractivity contribution < 1.29 is 28.7 Å². The number of nitrogens with one attached hydrogen (secondary N) is 2. The number of Topliss-reactive ketones (excluding diaryl/α,β-unsaturated/α-hetero) is 1. The maximum absolute atomic E-state index is 12.8. The highest BCUT2D eigenvalue weighted by molar-refractivity contribution is 6.38. The molecule has 0 radical (unpaired) electrons. The van der Waals surface area contributed by atoms with Gasteiger partial charge in [-0.3, -0.25) is 34.9 Å². The van der Waals surface area contributed by atoms with Gasteiger partial charge in [-0.25, -0.2) is 4.79 Å². The summed E-state index contributed by atoms with van der Waals surface area (Å²) in [4.78, 5) is 66.0. The number of amides is 4. The SMILES string of the molecule is CCC(C)(C)C(=O)C(=O)N1CCC[C@H]1C(=O)NNC(=O)C1CCCN1C(=O)OCc1ccccc1. The second kappa shape index (κ2) is 11.3. The van der Waals surface area contributed by atoms with Crippen LogP contribution in [0.4, 0.5) is 4.79 Å². The summed E-state index contributed by atoms with van der Waals surface area (Å²) in [5, 5.41) is 0. The van der Waals surface area contributed by atoms with Crippen molar-refractivity contribution in [3.8, 4) is 0 Å². The van der Waals surface area contributed by atoms with Crippen LogP contribution in [0.1, 0.15) is 58.4 Å². The number of rotatable bonds is 7. The number of carbonyl (C=O) groups is 5. The molecule has 2 aliphatic rings. The van der Waals surface area contributed by atoms with Gasteiger partial charge in [0.05, 0.1) is 0 Å². The fourth-order valence-electron chi connectivity index (χ4n) is 4.21. The number of benzene rings is 1. The molecule has 2 N–H and O–H groups in total. The Kier molecular flexibility index (Phi) is 8.48. The van der Waals surface area contributed by atoms with E-state index in [2.05, 4.69) is 10.9 Å². The van der Waals surface area contributed by atoms with Gasteiger partial charge in [-0.2, -0.15) is 0 Å². The first-order valence-corrected chi connectivity index (χ1v) is 12.1. The Morgan fingerprint density at radius 2 is 1.46 bits per heavy atom. The molecule has 2 saturated heterocycles. The molecule has 2 fully saturated rings. The van der Waals surface area contributed by atoms with Crippen LogP contribution in [0.2, 0.25) is 0 Å². The second-order valence-electron chi connectivity index (χ2n) is 9.59. The molecule has 2 aliphatic heterocycles. The van der Waals surface area contributed by atoms with E-state index >= 15 is 0 Å². The van der Waals surface area contributed by atoms with Gasteiger partial charge in [-0.15, -0.1) is 0 Å². The van der Waals surface area contributed by atoms with Crippen molar-refractivity contribution in [2.75, 3.05) is 13.1 Å². The summed E-state index contributed by atoms with van der Waals surface area (Å²) >= 11 is 0. The minimum atomic E-state index is -0.838. The highest BCUT2D eigenvalue weighted by Crippen LogP contribution is 2.25. The number of hydrazine groups is 1. The summed E-state index contributed by atoms with van der Waals surface area (Å²) in [5.41, 5.74) is 4.78.